The quantitative estimate of drug-likeness (QED) is 0.827. The minimum absolute atomic E-state index is 0.00268. The summed E-state index contributed by atoms with van der Waals surface area (Å²) in [5.41, 5.74) is 0.00268. The summed E-state index contributed by atoms with van der Waals surface area (Å²) in [4.78, 5) is 16.2. The number of amides is 1. The standard InChI is InChI=1S/C15H13Cl2N3O3S/c16-11-8-12(17)13(24(22,23)20-9-4-5-9)7-10(11)15(21)19-14-3-1-2-6-18-14/h1-3,6-9,20H,4-5H2,(H,18,19,21). The highest BCUT2D eigenvalue weighted by Gasteiger charge is 2.30. The number of halogens is 2. The van der Waals surface area contributed by atoms with Crippen molar-refractivity contribution >= 4 is 45.0 Å². The molecule has 9 heteroatoms. The molecule has 1 heterocycles. The SMILES string of the molecule is O=C(Nc1ccccn1)c1cc(S(=O)(=O)NC2CC2)c(Cl)cc1Cl. The van der Waals surface area contributed by atoms with E-state index in [0.29, 0.717) is 5.82 Å². The Morgan fingerprint density at radius 2 is 1.92 bits per heavy atom. The van der Waals surface area contributed by atoms with Gasteiger partial charge in [0.2, 0.25) is 10.0 Å². The van der Waals surface area contributed by atoms with E-state index in [-0.39, 0.29) is 26.5 Å². The molecule has 126 valence electrons. The number of pyridine rings is 1. The Kier molecular flexibility index (Phi) is 4.78. The lowest BCUT2D eigenvalue weighted by Crippen LogP contribution is -2.26. The smallest absolute Gasteiger partial charge is 0.258 e. The first-order valence-electron chi connectivity index (χ1n) is 7.10. The topological polar surface area (TPSA) is 88.2 Å². The van der Waals surface area contributed by atoms with Crippen LogP contribution in [0.2, 0.25) is 10.0 Å². The summed E-state index contributed by atoms with van der Waals surface area (Å²) in [5, 5.41) is 2.57. The monoisotopic (exact) mass is 385 g/mol. The van der Waals surface area contributed by atoms with Gasteiger partial charge >= 0.3 is 0 Å². The third-order valence-electron chi connectivity index (χ3n) is 3.36. The third kappa shape index (κ3) is 3.87. The molecule has 1 saturated carbocycles. The molecule has 1 aromatic carbocycles. The molecule has 1 fully saturated rings. The molecule has 2 aromatic rings. The van der Waals surface area contributed by atoms with Crippen LogP contribution in [0.1, 0.15) is 23.2 Å². The summed E-state index contributed by atoms with van der Waals surface area (Å²) >= 11 is 12.1. The van der Waals surface area contributed by atoms with Gasteiger partial charge in [0, 0.05) is 12.2 Å². The fourth-order valence-electron chi connectivity index (χ4n) is 2.01. The van der Waals surface area contributed by atoms with Crippen molar-refractivity contribution in [1.29, 1.82) is 0 Å². The number of carbonyl (C=O) groups is 1. The van der Waals surface area contributed by atoms with Gasteiger partial charge in [-0.2, -0.15) is 0 Å². The minimum Gasteiger partial charge on any atom is -0.307 e. The van der Waals surface area contributed by atoms with E-state index in [2.05, 4.69) is 15.0 Å². The zero-order valence-electron chi connectivity index (χ0n) is 12.3. The van der Waals surface area contributed by atoms with Gasteiger partial charge in [-0.25, -0.2) is 18.1 Å². The second-order valence-electron chi connectivity index (χ2n) is 5.33. The average Bonchev–Trinajstić information content (AvgIpc) is 3.31. The van der Waals surface area contributed by atoms with Crippen molar-refractivity contribution in [2.75, 3.05) is 5.32 Å². The number of hydrogen-bond donors (Lipinski definition) is 2. The number of rotatable bonds is 5. The molecule has 1 amide bonds. The van der Waals surface area contributed by atoms with Crippen molar-refractivity contribution in [1.82, 2.24) is 9.71 Å². The first kappa shape index (κ1) is 17.2. The van der Waals surface area contributed by atoms with Crippen LogP contribution in [0.5, 0.6) is 0 Å². The van der Waals surface area contributed by atoms with Crippen molar-refractivity contribution in [3.63, 3.8) is 0 Å². The number of sulfonamides is 1. The molecular weight excluding hydrogens is 373 g/mol. The molecule has 6 nitrogen and oxygen atoms in total. The van der Waals surface area contributed by atoms with Crippen molar-refractivity contribution in [3.8, 4) is 0 Å². The summed E-state index contributed by atoms with van der Waals surface area (Å²) in [6.07, 6.45) is 3.10. The van der Waals surface area contributed by atoms with E-state index in [1.54, 1.807) is 18.2 Å². The third-order valence-corrected chi connectivity index (χ3v) is 5.66. The van der Waals surface area contributed by atoms with E-state index in [1.807, 2.05) is 0 Å². The van der Waals surface area contributed by atoms with Gasteiger partial charge < -0.3 is 5.32 Å². The molecular formula is C15H13Cl2N3O3S. The molecule has 24 heavy (non-hydrogen) atoms. The minimum atomic E-state index is -3.81. The highest BCUT2D eigenvalue weighted by Crippen LogP contribution is 2.31. The van der Waals surface area contributed by atoms with Crippen LogP contribution in [0.25, 0.3) is 0 Å². The van der Waals surface area contributed by atoms with E-state index in [4.69, 9.17) is 23.2 Å². The molecule has 0 unspecified atom stereocenters. The average molecular weight is 386 g/mol. The van der Waals surface area contributed by atoms with Crippen molar-refractivity contribution in [2.45, 2.75) is 23.8 Å². The van der Waals surface area contributed by atoms with Crippen molar-refractivity contribution < 1.29 is 13.2 Å². The molecule has 0 spiro atoms. The predicted octanol–water partition coefficient (Wildman–Crippen LogP) is 3.08. The molecule has 0 atom stereocenters. The van der Waals surface area contributed by atoms with Gasteiger partial charge in [0.25, 0.3) is 5.91 Å². The van der Waals surface area contributed by atoms with Gasteiger partial charge in [0.05, 0.1) is 15.6 Å². The Balaban J connectivity index is 1.93. The number of hydrogen-bond acceptors (Lipinski definition) is 4. The maximum atomic E-state index is 12.4. The summed E-state index contributed by atoms with van der Waals surface area (Å²) < 4.78 is 27.3. The number of benzene rings is 1. The predicted molar refractivity (Wildman–Crippen MR) is 92.0 cm³/mol. The van der Waals surface area contributed by atoms with E-state index in [1.165, 1.54) is 18.3 Å². The Labute approximate surface area is 149 Å². The molecule has 1 aromatic heterocycles. The Bertz CT molecular complexity index is 884. The molecule has 0 radical (unpaired) electrons. The number of nitrogens with one attached hydrogen (secondary N) is 2. The molecule has 3 rings (SSSR count). The first-order chi connectivity index (χ1) is 11.4. The van der Waals surface area contributed by atoms with Gasteiger partial charge in [0.1, 0.15) is 10.7 Å². The molecule has 2 N–H and O–H groups in total. The van der Waals surface area contributed by atoms with Crippen LogP contribution >= 0.6 is 23.2 Å². The molecule has 0 aliphatic heterocycles. The lowest BCUT2D eigenvalue weighted by molar-refractivity contribution is 0.102. The van der Waals surface area contributed by atoms with Crippen LogP contribution in [0.3, 0.4) is 0 Å². The lowest BCUT2D eigenvalue weighted by atomic mass is 10.2. The second kappa shape index (κ2) is 6.68. The van der Waals surface area contributed by atoms with Gasteiger partial charge in [-0.1, -0.05) is 29.3 Å². The second-order valence-corrected chi connectivity index (χ2v) is 7.82. The number of anilines is 1. The largest absolute Gasteiger partial charge is 0.307 e. The Morgan fingerprint density at radius 1 is 1.17 bits per heavy atom. The van der Waals surface area contributed by atoms with Gasteiger partial charge in [-0.3, -0.25) is 4.79 Å². The summed E-state index contributed by atoms with van der Waals surface area (Å²) in [6.45, 7) is 0. The van der Waals surface area contributed by atoms with Crippen LogP contribution < -0.4 is 10.0 Å². The Morgan fingerprint density at radius 3 is 2.54 bits per heavy atom. The first-order valence-corrected chi connectivity index (χ1v) is 9.34. The van der Waals surface area contributed by atoms with E-state index >= 15 is 0 Å². The lowest BCUT2D eigenvalue weighted by Gasteiger charge is -2.11. The molecule has 1 aliphatic carbocycles. The van der Waals surface area contributed by atoms with E-state index in [9.17, 15) is 13.2 Å². The summed E-state index contributed by atoms with van der Waals surface area (Å²) in [5.74, 6) is -0.243. The van der Waals surface area contributed by atoms with Crippen molar-refractivity contribution in [3.05, 3.63) is 52.1 Å². The number of aromatic nitrogens is 1. The normalized spacial score (nSPS) is 14.4. The maximum Gasteiger partial charge on any atom is 0.258 e. The van der Waals surface area contributed by atoms with Crippen LogP contribution in [0.15, 0.2) is 41.4 Å². The van der Waals surface area contributed by atoms with Gasteiger partial charge in [-0.15, -0.1) is 0 Å². The zero-order chi connectivity index (χ0) is 17.3. The summed E-state index contributed by atoms with van der Waals surface area (Å²) in [6, 6.07) is 7.37. The fraction of sp³-hybridized carbons (Fsp3) is 0.200. The number of nitrogens with zero attached hydrogens (tertiary/aromatic N) is 1. The van der Waals surface area contributed by atoms with E-state index in [0.717, 1.165) is 12.8 Å². The van der Waals surface area contributed by atoms with Crippen molar-refractivity contribution in [2.24, 2.45) is 0 Å². The van der Waals surface area contributed by atoms with Gasteiger partial charge in [0.15, 0.2) is 0 Å². The fourth-order valence-corrected chi connectivity index (χ4v) is 4.18. The highest BCUT2D eigenvalue weighted by molar-refractivity contribution is 7.89. The van der Waals surface area contributed by atoms with Crippen LogP contribution in [0, 0.1) is 0 Å². The van der Waals surface area contributed by atoms with Crippen LogP contribution in [0.4, 0.5) is 5.82 Å². The number of carbonyl (C=O) groups excluding carboxylic acids is 1. The Hall–Kier alpha value is -1.67. The molecule has 0 bridgehead atoms. The molecule has 0 saturated heterocycles. The molecule has 1 aliphatic rings. The summed E-state index contributed by atoms with van der Waals surface area (Å²) in [7, 11) is -3.81. The van der Waals surface area contributed by atoms with Crippen LogP contribution in [-0.4, -0.2) is 25.4 Å². The van der Waals surface area contributed by atoms with Gasteiger partial charge in [-0.05, 0) is 37.1 Å². The zero-order valence-corrected chi connectivity index (χ0v) is 14.6. The maximum absolute atomic E-state index is 12.4. The highest BCUT2D eigenvalue weighted by atomic mass is 35.5. The van der Waals surface area contributed by atoms with E-state index < -0.39 is 15.9 Å². The van der Waals surface area contributed by atoms with Crippen LogP contribution in [-0.2, 0) is 10.0 Å².